The van der Waals surface area contributed by atoms with Crippen LogP contribution in [-0.2, 0) is 0 Å². The van der Waals surface area contributed by atoms with Crippen molar-refractivity contribution in [2.45, 2.75) is 0 Å². The summed E-state index contributed by atoms with van der Waals surface area (Å²) in [6.45, 7) is 0. The van der Waals surface area contributed by atoms with Crippen molar-refractivity contribution in [3.63, 3.8) is 0 Å². The molecule has 0 saturated carbocycles. The predicted molar refractivity (Wildman–Crippen MR) is 13.6 cm³/mol. The summed E-state index contributed by atoms with van der Waals surface area (Å²) in [5.41, 5.74) is 0. The largest absolute Gasteiger partial charge is 1.00 e. The number of hydrogen-bond acceptors (Lipinski definition) is 0. The molecule has 0 aromatic heterocycles. The molecule has 0 aliphatic carbocycles. The minimum atomic E-state index is -10.7. The Balaban J connectivity index is 0. The Kier molecular flexibility index (Phi) is 2.26. The van der Waals surface area contributed by atoms with Crippen LogP contribution in [0.15, 0.2) is 0 Å². The molecule has 0 bridgehead atoms. The summed E-state index contributed by atoms with van der Waals surface area (Å²) < 4.78 is 59.2. The summed E-state index contributed by atoms with van der Waals surface area (Å²) in [7, 11) is -10.7. The minimum Gasteiger partial charge on any atom is 1.00 e. The molecule has 8 heavy (non-hydrogen) atoms. The van der Waals surface area contributed by atoms with Gasteiger partial charge in [-0.15, -0.1) is 0 Å². The second-order valence-electron chi connectivity index (χ2n) is 0.958. The molecule has 0 saturated heterocycles. The standard InChI is InChI=1S/F6P.Na/c1-7(2,3,4,5)6;/q-1;+1. The zero-order valence-electron chi connectivity index (χ0n) is 3.72. The summed E-state index contributed by atoms with van der Waals surface area (Å²) in [6, 6.07) is 0. The molecule has 8 heteroatoms. The second kappa shape index (κ2) is 1.54. The van der Waals surface area contributed by atoms with Gasteiger partial charge < -0.3 is 0 Å². The zero-order valence-corrected chi connectivity index (χ0v) is 6.61. The summed E-state index contributed by atoms with van der Waals surface area (Å²) >= 11 is 0. The Morgan fingerprint density at radius 3 is 0.625 bits per heavy atom. The fourth-order valence-electron chi connectivity index (χ4n) is 0. The fraction of sp³-hybridized carbons (Fsp3) is 0. The monoisotopic (exact) mass is 168 g/mol. The molecule has 0 nitrogen and oxygen atoms in total. The summed E-state index contributed by atoms with van der Waals surface area (Å²) in [5, 5.41) is 0. The summed E-state index contributed by atoms with van der Waals surface area (Å²) in [5.74, 6) is 0. The number of hydrogen-bond donors (Lipinski definition) is 0. The third kappa shape index (κ3) is 248. The van der Waals surface area contributed by atoms with Crippen LogP contribution >= 0.6 is 7.81 Å². The van der Waals surface area contributed by atoms with Crippen LogP contribution in [0.3, 0.4) is 0 Å². The minimum absolute atomic E-state index is 0. The first-order chi connectivity index (χ1) is 2.45. The maximum atomic E-state index is 9.87. The number of rotatable bonds is 0. The van der Waals surface area contributed by atoms with Crippen LogP contribution < -0.4 is 29.6 Å². The van der Waals surface area contributed by atoms with Gasteiger partial charge in [0, 0.05) is 0 Å². The van der Waals surface area contributed by atoms with Gasteiger partial charge >= 0.3 is 62.5 Å². The van der Waals surface area contributed by atoms with E-state index in [0.717, 1.165) is 0 Å². The van der Waals surface area contributed by atoms with E-state index in [2.05, 4.69) is 0 Å². The average Bonchev–Trinajstić information content (AvgIpc) is 0.592. The molecule has 0 aromatic rings. The quantitative estimate of drug-likeness (QED) is 0.278. The van der Waals surface area contributed by atoms with E-state index in [0.29, 0.717) is 0 Å². The molecule has 0 radical (unpaired) electrons. The van der Waals surface area contributed by atoms with Crippen molar-refractivity contribution in [1.82, 2.24) is 0 Å². The Bertz CT molecular complexity index is 67.1. The van der Waals surface area contributed by atoms with E-state index in [1.165, 1.54) is 0 Å². The molecule has 0 heterocycles. The molecule has 0 aromatic carbocycles. The SMILES string of the molecule is F[P-](F)(F)(F)(F)F.[Na+]. The predicted octanol–water partition coefficient (Wildman–Crippen LogP) is 0.386. The molecule has 0 aliphatic rings. The molecule has 0 amide bonds. The van der Waals surface area contributed by atoms with Crippen LogP contribution in [-0.4, -0.2) is 0 Å². The second-order valence-corrected chi connectivity index (χ2v) is 2.87. The molecule has 48 valence electrons. The van der Waals surface area contributed by atoms with Crippen LogP contribution in [0.5, 0.6) is 0 Å². The maximum absolute atomic E-state index is 10.7. The van der Waals surface area contributed by atoms with Crippen molar-refractivity contribution >= 4 is 7.81 Å². The third-order valence-electron chi connectivity index (χ3n) is 0. The Hall–Kier alpha value is 1.01. The van der Waals surface area contributed by atoms with E-state index in [4.69, 9.17) is 0 Å². The Morgan fingerprint density at radius 1 is 0.625 bits per heavy atom. The van der Waals surface area contributed by atoms with E-state index in [9.17, 15) is 25.2 Å². The van der Waals surface area contributed by atoms with Crippen LogP contribution in [0, 0.1) is 0 Å². The Labute approximate surface area is 62.8 Å². The molecule has 0 N–H and O–H groups in total. The normalized spacial score (nSPS) is 20.2. The van der Waals surface area contributed by atoms with Gasteiger partial charge in [-0.3, -0.25) is 0 Å². The van der Waals surface area contributed by atoms with Gasteiger partial charge in [0.05, 0.1) is 0 Å². The van der Waals surface area contributed by atoms with Crippen molar-refractivity contribution in [2.24, 2.45) is 0 Å². The van der Waals surface area contributed by atoms with Gasteiger partial charge in [0.1, 0.15) is 0 Å². The fourth-order valence-corrected chi connectivity index (χ4v) is 0. The van der Waals surface area contributed by atoms with E-state index < -0.39 is 7.81 Å². The van der Waals surface area contributed by atoms with Gasteiger partial charge in [-0.05, 0) is 0 Å². The topological polar surface area (TPSA) is 0 Å². The van der Waals surface area contributed by atoms with Crippen molar-refractivity contribution < 1.29 is 54.7 Å². The molecule has 0 atom stereocenters. The van der Waals surface area contributed by atoms with Gasteiger partial charge in [0.25, 0.3) is 0 Å². The van der Waals surface area contributed by atoms with Gasteiger partial charge in [0.15, 0.2) is 0 Å². The smallest absolute Gasteiger partial charge is 1.00 e. The average molecular weight is 168 g/mol. The summed E-state index contributed by atoms with van der Waals surface area (Å²) in [6.07, 6.45) is 0. The number of halogens is 6. The molecule has 0 spiro atoms. The van der Waals surface area contributed by atoms with Crippen molar-refractivity contribution in [3.8, 4) is 0 Å². The van der Waals surface area contributed by atoms with E-state index in [1.807, 2.05) is 0 Å². The molecule has 0 aliphatic heterocycles. The molecule has 0 fully saturated rings. The molecular weight excluding hydrogens is 168 g/mol. The van der Waals surface area contributed by atoms with Crippen molar-refractivity contribution in [3.05, 3.63) is 0 Å². The van der Waals surface area contributed by atoms with Crippen LogP contribution in [0.25, 0.3) is 0 Å². The van der Waals surface area contributed by atoms with Crippen LogP contribution in [0.1, 0.15) is 0 Å². The maximum Gasteiger partial charge on any atom is 1.00 e. The molecular formula is F6NaP. The van der Waals surface area contributed by atoms with Gasteiger partial charge in [0.2, 0.25) is 0 Å². The summed E-state index contributed by atoms with van der Waals surface area (Å²) in [4.78, 5) is 0. The first kappa shape index (κ1) is 11.8. The molecule has 0 unspecified atom stereocenters. The Morgan fingerprint density at radius 2 is 0.625 bits per heavy atom. The van der Waals surface area contributed by atoms with E-state index in [-0.39, 0.29) is 29.6 Å². The third-order valence-corrected chi connectivity index (χ3v) is 0. The van der Waals surface area contributed by atoms with Crippen LogP contribution in [0.2, 0.25) is 0 Å². The first-order valence-corrected chi connectivity index (χ1v) is 3.04. The van der Waals surface area contributed by atoms with Crippen molar-refractivity contribution in [2.75, 3.05) is 0 Å². The van der Waals surface area contributed by atoms with E-state index >= 15 is 0 Å². The van der Waals surface area contributed by atoms with Crippen molar-refractivity contribution in [1.29, 1.82) is 0 Å². The zero-order chi connectivity index (χ0) is 6.41. The van der Waals surface area contributed by atoms with Gasteiger partial charge in [-0.1, -0.05) is 0 Å². The first-order valence-electron chi connectivity index (χ1n) is 1.01. The van der Waals surface area contributed by atoms with Gasteiger partial charge in [-0.25, -0.2) is 0 Å². The van der Waals surface area contributed by atoms with Gasteiger partial charge in [-0.2, -0.15) is 0 Å². The molecule has 0 rings (SSSR count). The van der Waals surface area contributed by atoms with E-state index in [1.54, 1.807) is 0 Å². The van der Waals surface area contributed by atoms with Crippen LogP contribution in [0.4, 0.5) is 25.2 Å².